The van der Waals surface area contributed by atoms with Gasteiger partial charge in [0, 0.05) is 37.1 Å². The second kappa shape index (κ2) is 12.7. The zero-order chi connectivity index (χ0) is 18.8. The standard InChI is InChI=1S/C20H28N4OS.HI/c1-4-21-20(24(3)13-10-18-9-6-14-26-18)23-12-11-22-19(25)17-8-5-7-16(2)15-17;/h5-9,14-15H,4,10-13H2,1-3H3,(H,21,23)(H,22,25);1H. The predicted molar refractivity (Wildman–Crippen MR) is 126 cm³/mol. The molecule has 7 heteroatoms. The number of hydrogen-bond acceptors (Lipinski definition) is 3. The van der Waals surface area contributed by atoms with Crippen LogP contribution in [0.25, 0.3) is 0 Å². The van der Waals surface area contributed by atoms with Crippen LogP contribution in [-0.2, 0) is 6.42 Å². The summed E-state index contributed by atoms with van der Waals surface area (Å²) in [6.45, 7) is 6.82. The van der Waals surface area contributed by atoms with E-state index in [1.54, 1.807) is 11.3 Å². The predicted octanol–water partition coefficient (Wildman–Crippen LogP) is 3.54. The fraction of sp³-hybridized carbons (Fsp3) is 0.400. The van der Waals surface area contributed by atoms with Crippen molar-refractivity contribution in [2.24, 2.45) is 4.99 Å². The first-order valence-corrected chi connectivity index (χ1v) is 9.84. The molecule has 148 valence electrons. The third-order valence-electron chi connectivity index (χ3n) is 3.91. The molecule has 2 aromatic rings. The van der Waals surface area contributed by atoms with Gasteiger partial charge in [-0.15, -0.1) is 35.3 Å². The van der Waals surface area contributed by atoms with E-state index < -0.39 is 0 Å². The minimum atomic E-state index is -0.0556. The summed E-state index contributed by atoms with van der Waals surface area (Å²) in [4.78, 5) is 20.3. The molecule has 1 heterocycles. The van der Waals surface area contributed by atoms with Crippen LogP contribution in [-0.4, -0.2) is 50.0 Å². The number of amides is 1. The van der Waals surface area contributed by atoms with Crippen molar-refractivity contribution in [3.8, 4) is 0 Å². The minimum Gasteiger partial charge on any atom is -0.357 e. The molecule has 0 aliphatic carbocycles. The van der Waals surface area contributed by atoms with Gasteiger partial charge in [-0.1, -0.05) is 23.8 Å². The number of aryl methyl sites for hydroxylation is 1. The van der Waals surface area contributed by atoms with Gasteiger partial charge < -0.3 is 15.5 Å². The average molecular weight is 500 g/mol. The van der Waals surface area contributed by atoms with Crippen molar-refractivity contribution in [1.82, 2.24) is 15.5 Å². The molecule has 0 bridgehead atoms. The first kappa shape index (κ1) is 23.4. The normalized spacial score (nSPS) is 10.9. The number of rotatable bonds is 8. The lowest BCUT2D eigenvalue weighted by atomic mass is 10.1. The Morgan fingerprint density at radius 2 is 2.04 bits per heavy atom. The number of likely N-dealkylation sites (N-methyl/N-ethyl adjacent to an activating group) is 1. The van der Waals surface area contributed by atoms with Gasteiger partial charge in [0.1, 0.15) is 0 Å². The fourth-order valence-corrected chi connectivity index (χ4v) is 3.23. The Morgan fingerprint density at radius 3 is 2.70 bits per heavy atom. The van der Waals surface area contributed by atoms with Gasteiger partial charge in [-0.05, 0) is 43.8 Å². The van der Waals surface area contributed by atoms with Crippen molar-refractivity contribution >= 4 is 47.2 Å². The maximum Gasteiger partial charge on any atom is 0.251 e. The summed E-state index contributed by atoms with van der Waals surface area (Å²) in [6, 6.07) is 11.8. The van der Waals surface area contributed by atoms with Crippen LogP contribution in [0.5, 0.6) is 0 Å². The Kier molecular flexibility index (Phi) is 11.0. The molecule has 2 rings (SSSR count). The monoisotopic (exact) mass is 500 g/mol. The summed E-state index contributed by atoms with van der Waals surface area (Å²) in [6.07, 6.45) is 1.00. The van der Waals surface area contributed by atoms with Gasteiger partial charge in [0.2, 0.25) is 0 Å². The topological polar surface area (TPSA) is 56.7 Å². The SMILES string of the molecule is CCNC(=NCCNC(=O)c1cccc(C)c1)N(C)CCc1cccs1.I. The van der Waals surface area contributed by atoms with Gasteiger partial charge in [0.25, 0.3) is 5.91 Å². The Hall–Kier alpha value is -1.61. The summed E-state index contributed by atoms with van der Waals surface area (Å²) < 4.78 is 0. The second-order valence-electron chi connectivity index (χ2n) is 6.11. The molecule has 0 aliphatic heterocycles. The molecule has 2 N–H and O–H groups in total. The third-order valence-corrected chi connectivity index (χ3v) is 4.85. The van der Waals surface area contributed by atoms with Crippen LogP contribution in [0.3, 0.4) is 0 Å². The van der Waals surface area contributed by atoms with Gasteiger partial charge in [-0.25, -0.2) is 0 Å². The Labute approximate surface area is 183 Å². The molecule has 0 atom stereocenters. The highest BCUT2D eigenvalue weighted by molar-refractivity contribution is 14.0. The molecule has 0 fully saturated rings. The molecule has 1 amide bonds. The van der Waals surface area contributed by atoms with Crippen LogP contribution in [0.1, 0.15) is 27.7 Å². The number of benzene rings is 1. The number of nitrogens with one attached hydrogen (secondary N) is 2. The van der Waals surface area contributed by atoms with Crippen molar-refractivity contribution < 1.29 is 4.79 Å². The smallest absolute Gasteiger partial charge is 0.251 e. The zero-order valence-corrected chi connectivity index (χ0v) is 19.3. The van der Waals surface area contributed by atoms with E-state index in [-0.39, 0.29) is 29.9 Å². The number of carbonyl (C=O) groups excluding carboxylic acids is 1. The molecule has 1 aromatic heterocycles. The first-order chi connectivity index (χ1) is 12.6. The van der Waals surface area contributed by atoms with Crippen LogP contribution in [0, 0.1) is 6.92 Å². The van der Waals surface area contributed by atoms with Crippen LogP contribution in [0.2, 0.25) is 0 Å². The van der Waals surface area contributed by atoms with E-state index in [9.17, 15) is 4.79 Å². The van der Waals surface area contributed by atoms with Crippen molar-refractivity contribution in [1.29, 1.82) is 0 Å². The number of nitrogens with zero attached hydrogens (tertiary/aromatic N) is 2. The van der Waals surface area contributed by atoms with Crippen molar-refractivity contribution in [2.45, 2.75) is 20.3 Å². The maximum atomic E-state index is 12.2. The molecule has 0 aliphatic rings. The van der Waals surface area contributed by atoms with E-state index in [2.05, 4.69) is 45.0 Å². The minimum absolute atomic E-state index is 0. The summed E-state index contributed by atoms with van der Waals surface area (Å²) in [5, 5.41) is 8.34. The first-order valence-electron chi connectivity index (χ1n) is 8.97. The number of thiophene rings is 1. The number of aliphatic imine (C=N–C) groups is 1. The lowest BCUT2D eigenvalue weighted by Crippen LogP contribution is -2.40. The van der Waals surface area contributed by atoms with Crippen molar-refractivity contribution in [3.05, 3.63) is 57.8 Å². The van der Waals surface area contributed by atoms with E-state index in [4.69, 9.17) is 0 Å². The Balaban J connectivity index is 0.00000364. The van der Waals surface area contributed by atoms with E-state index in [1.165, 1.54) is 4.88 Å². The molecular weight excluding hydrogens is 471 g/mol. The van der Waals surface area contributed by atoms with Crippen molar-refractivity contribution in [3.63, 3.8) is 0 Å². The molecule has 1 aromatic carbocycles. The van der Waals surface area contributed by atoms with Gasteiger partial charge in [0.15, 0.2) is 5.96 Å². The third kappa shape index (κ3) is 8.30. The fourth-order valence-electron chi connectivity index (χ4n) is 2.53. The van der Waals surface area contributed by atoms with Crippen LogP contribution < -0.4 is 10.6 Å². The molecular formula is C20H29IN4OS. The largest absolute Gasteiger partial charge is 0.357 e. The highest BCUT2D eigenvalue weighted by atomic mass is 127. The van der Waals surface area contributed by atoms with Gasteiger partial charge in [0.05, 0.1) is 6.54 Å². The number of guanidine groups is 1. The lowest BCUT2D eigenvalue weighted by Gasteiger charge is -2.21. The summed E-state index contributed by atoms with van der Waals surface area (Å²) >= 11 is 1.78. The molecule has 0 unspecified atom stereocenters. The highest BCUT2D eigenvalue weighted by Gasteiger charge is 2.07. The number of hydrogen-bond donors (Lipinski definition) is 2. The lowest BCUT2D eigenvalue weighted by molar-refractivity contribution is 0.0954. The molecule has 0 radical (unpaired) electrons. The quantitative estimate of drug-likeness (QED) is 0.252. The van der Waals surface area contributed by atoms with Crippen molar-refractivity contribution in [2.75, 3.05) is 33.2 Å². The van der Waals surface area contributed by atoms with Gasteiger partial charge in [-0.3, -0.25) is 9.79 Å². The second-order valence-corrected chi connectivity index (χ2v) is 7.14. The van der Waals surface area contributed by atoms with Crippen LogP contribution in [0.4, 0.5) is 0 Å². The number of carbonyl (C=O) groups is 1. The van der Waals surface area contributed by atoms with E-state index in [0.717, 1.165) is 31.0 Å². The van der Waals surface area contributed by atoms with Gasteiger partial charge >= 0.3 is 0 Å². The maximum absolute atomic E-state index is 12.2. The average Bonchev–Trinajstić information content (AvgIpc) is 3.15. The van der Waals surface area contributed by atoms with Crippen LogP contribution in [0.15, 0.2) is 46.8 Å². The Bertz CT molecular complexity index is 719. The highest BCUT2D eigenvalue weighted by Crippen LogP contribution is 2.09. The summed E-state index contributed by atoms with van der Waals surface area (Å²) in [7, 11) is 2.04. The molecule has 0 saturated carbocycles. The van der Waals surface area contributed by atoms with E-state index in [1.807, 2.05) is 38.2 Å². The van der Waals surface area contributed by atoms with E-state index in [0.29, 0.717) is 18.7 Å². The Morgan fingerprint density at radius 1 is 1.22 bits per heavy atom. The van der Waals surface area contributed by atoms with Gasteiger partial charge in [-0.2, -0.15) is 0 Å². The molecule has 5 nitrogen and oxygen atoms in total. The number of halogens is 1. The van der Waals surface area contributed by atoms with Crippen LogP contribution >= 0.6 is 35.3 Å². The summed E-state index contributed by atoms with van der Waals surface area (Å²) in [5.41, 5.74) is 1.77. The molecule has 27 heavy (non-hydrogen) atoms. The molecule has 0 spiro atoms. The zero-order valence-electron chi connectivity index (χ0n) is 16.2. The summed E-state index contributed by atoms with van der Waals surface area (Å²) in [5.74, 6) is 0.814. The van der Waals surface area contributed by atoms with E-state index >= 15 is 0 Å². The molecule has 0 saturated heterocycles.